The van der Waals surface area contributed by atoms with Gasteiger partial charge in [0.15, 0.2) is 11.5 Å². The highest BCUT2D eigenvalue weighted by atomic mass is 32.1. The lowest BCUT2D eigenvalue weighted by Gasteiger charge is -2.03. The van der Waals surface area contributed by atoms with Gasteiger partial charge in [-0.05, 0) is 37.6 Å². The molecule has 0 saturated heterocycles. The number of benzene rings is 1. The number of thiophene rings is 1. The third-order valence-corrected chi connectivity index (χ3v) is 6.66. The molecule has 9 heteroatoms. The van der Waals surface area contributed by atoms with Crippen LogP contribution >= 0.6 is 22.7 Å². The molecule has 3 aromatic rings. The molecule has 7 nitrogen and oxygen atoms in total. The number of anilines is 1. The summed E-state index contributed by atoms with van der Waals surface area (Å²) in [7, 11) is 1.35. The standard InChI is InChI=1S/C21H17N3O4S2/c1-11-12(2)30-20(18(11)21(25)26-3)23-8-14(7-22)19-24-15(9-29-19)13-4-5-16-17(6-13)28-10-27-16/h4-6,8-9,23H,10H2,1-3H3/b14-8-. The van der Waals surface area contributed by atoms with Crippen molar-refractivity contribution in [3.63, 3.8) is 0 Å². The Balaban J connectivity index is 1.60. The highest BCUT2D eigenvalue weighted by Gasteiger charge is 2.20. The fraction of sp³-hybridized carbons (Fsp3) is 0.190. The molecule has 0 unspecified atom stereocenters. The van der Waals surface area contributed by atoms with Crippen LogP contribution in [0.5, 0.6) is 11.5 Å². The van der Waals surface area contributed by atoms with Gasteiger partial charge in [0.25, 0.3) is 0 Å². The minimum Gasteiger partial charge on any atom is -0.465 e. The van der Waals surface area contributed by atoms with Crippen LogP contribution in [0.15, 0.2) is 29.8 Å². The number of ether oxygens (including phenoxy) is 3. The van der Waals surface area contributed by atoms with Crippen molar-refractivity contribution in [2.24, 2.45) is 0 Å². The summed E-state index contributed by atoms with van der Waals surface area (Å²) in [6.45, 7) is 4.02. The van der Waals surface area contributed by atoms with Crippen molar-refractivity contribution in [2.75, 3.05) is 19.2 Å². The van der Waals surface area contributed by atoms with Gasteiger partial charge in [-0.3, -0.25) is 0 Å². The van der Waals surface area contributed by atoms with Crippen molar-refractivity contribution in [3.05, 3.63) is 50.8 Å². The van der Waals surface area contributed by atoms with E-state index in [1.807, 2.05) is 37.4 Å². The van der Waals surface area contributed by atoms with Crippen LogP contribution in [0.1, 0.15) is 25.8 Å². The number of carbonyl (C=O) groups excluding carboxylic acids is 1. The number of carbonyl (C=O) groups is 1. The third kappa shape index (κ3) is 3.63. The molecule has 1 aliphatic heterocycles. The molecule has 2 aromatic heterocycles. The van der Waals surface area contributed by atoms with Gasteiger partial charge in [-0.2, -0.15) is 5.26 Å². The Morgan fingerprint density at radius 1 is 1.33 bits per heavy atom. The number of aryl methyl sites for hydroxylation is 1. The second-order valence-corrected chi connectivity index (χ2v) is 8.48. The molecule has 0 bridgehead atoms. The second kappa shape index (κ2) is 8.18. The number of methoxy groups -OCH3 is 1. The average molecular weight is 440 g/mol. The predicted molar refractivity (Wildman–Crippen MR) is 116 cm³/mol. The Hall–Kier alpha value is -3.35. The van der Waals surface area contributed by atoms with Gasteiger partial charge in [-0.1, -0.05) is 0 Å². The van der Waals surface area contributed by atoms with E-state index >= 15 is 0 Å². The third-order valence-electron chi connectivity index (χ3n) is 4.65. The summed E-state index contributed by atoms with van der Waals surface area (Å²) in [6, 6.07) is 7.78. The Labute approximate surface area is 181 Å². The number of thiazole rings is 1. The van der Waals surface area contributed by atoms with E-state index in [4.69, 9.17) is 14.2 Å². The molecule has 1 N–H and O–H groups in total. The largest absolute Gasteiger partial charge is 0.465 e. The Morgan fingerprint density at radius 3 is 2.90 bits per heavy atom. The van der Waals surface area contributed by atoms with Gasteiger partial charge in [0, 0.05) is 22.0 Å². The minimum atomic E-state index is -0.411. The molecule has 30 heavy (non-hydrogen) atoms. The zero-order valence-corrected chi connectivity index (χ0v) is 18.1. The first-order valence-electron chi connectivity index (χ1n) is 8.93. The summed E-state index contributed by atoms with van der Waals surface area (Å²) in [5.74, 6) is 0.975. The number of aromatic nitrogens is 1. The highest BCUT2D eigenvalue weighted by Crippen LogP contribution is 2.37. The molecular weight excluding hydrogens is 422 g/mol. The molecule has 0 amide bonds. The average Bonchev–Trinajstić information content (AvgIpc) is 3.47. The summed E-state index contributed by atoms with van der Waals surface area (Å²) >= 11 is 2.80. The van der Waals surface area contributed by atoms with E-state index in [0.717, 1.165) is 21.7 Å². The van der Waals surface area contributed by atoms with E-state index in [-0.39, 0.29) is 6.79 Å². The summed E-state index contributed by atoms with van der Waals surface area (Å²) < 4.78 is 15.6. The van der Waals surface area contributed by atoms with E-state index < -0.39 is 5.97 Å². The zero-order chi connectivity index (χ0) is 21.3. The van der Waals surface area contributed by atoms with Gasteiger partial charge >= 0.3 is 5.97 Å². The molecule has 0 radical (unpaired) electrons. The molecule has 4 rings (SSSR count). The van der Waals surface area contributed by atoms with Crippen molar-refractivity contribution in [2.45, 2.75) is 13.8 Å². The van der Waals surface area contributed by atoms with Crippen LogP contribution in [-0.4, -0.2) is 24.9 Å². The van der Waals surface area contributed by atoms with Crippen LogP contribution in [0, 0.1) is 25.2 Å². The SMILES string of the molecule is COC(=O)c1c(N/C=C(/C#N)c2nc(-c3ccc4c(c3)OCO4)cs2)sc(C)c1C. The molecular formula is C21H17N3O4S2. The number of nitrogens with one attached hydrogen (secondary N) is 1. The van der Waals surface area contributed by atoms with E-state index in [1.54, 1.807) is 6.20 Å². The number of nitrogens with zero attached hydrogens (tertiary/aromatic N) is 2. The maximum atomic E-state index is 12.1. The van der Waals surface area contributed by atoms with Crippen LogP contribution in [-0.2, 0) is 4.74 Å². The lowest BCUT2D eigenvalue weighted by atomic mass is 10.1. The van der Waals surface area contributed by atoms with Gasteiger partial charge in [0.1, 0.15) is 21.7 Å². The molecule has 0 spiro atoms. The Morgan fingerprint density at radius 2 is 2.13 bits per heavy atom. The zero-order valence-electron chi connectivity index (χ0n) is 16.4. The van der Waals surface area contributed by atoms with Crippen molar-refractivity contribution in [1.82, 2.24) is 4.98 Å². The van der Waals surface area contributed by atoms with Crippen LogP contribution in [0.25, 0.3) is 16.8 Å². The van der Waals surface area contributed by atoms with Crippen molar-refractivity contribution in [1.29, 1.82) is 5.26 Å². The number of hydrogen-bond donors (Lipinski definition) is 1. The first-order chi connectivity index (χ1) is 14.5. The number of allylic oxidation sites excluding steroid dienone is 1. The first-order valence-corrected chi connectivity index (χ1v) is 10.6. The summed E-state index contributed by atoms with van der Waals surface area (Å²) in [5, 5.41) is 15.8. The summed E-state index contributed by atoms with van der Waals surface area (Å²) in [4.78, 5) is 17.7. The van der Waals surface area contributed by atoms with Crippen LogP contribution in [0.4, 0.5) is 5.00 Å². The quantitative estimate of drug-likeness (QED) is 0.443. The van der Waals surface area contributed by atoms with Gasteiger partial charge in [0.05, 0.1) is 18.4 Å². The fourth-order valence-electron chi connectivity index (χ4n) is 2.94. The van der Waals surface area contributed by atoms with E-state index in [0.29, 0.717) is 32.6 Å². The number of rotatable bonds is 5. The van der Waals surface area contributed by atoms with E-state index in [2.05, 4.69) is 16.4 Å². The normalized spacial score (nSPS) is 12.5. The van der Waals surface area contributed by atoms with Crippen LogP contribution < -0.4 is 14.8 Å². The van der Waals surface area contributed by atoms with Gasteiger partial charge < -0.3 is 19.5 Å². The first kappa shape index (κ1) is 19.9. The van der Waals surface area contributed by atoms with Gasteiger partial charge in [-0.15, -0.1) is 22.7 Å². The van der Waals surface area contributed by atoms with Crippen molar-refractivity contribution < 1.29 is 19.0 Å². The topological polar surface area (TPSA) is 93.5 Å². The monoisotopic (exact) mass is 439 g/mol. The van der Waals surface area contributed by atoms with Crippen LogP contribution in [0.2, 0.25) is 0 Å². The molecule has 1 aliphatic rings. The maximum absolute atomic E-state index is 12.1. The van der Waals surface area contributed by atoms with Gasteiger partial charge in [-0.25, -0.2) is 9.78 Å². The smallest absolute Gasteiger partial charge is 0.341 e. The van der Waals surface area contributed by atoms with E-state index in [1.165, 1.54) is 29.8 Å². The lowest BCUT2D eigenvalue weighted by molar-refractivity contribution is 0.0601. The minimum absolute atomic E-state index is 0.212. The number of nitriles is 1. The Kier molecular flexibility index (Phi) is 5.44. The predicted octanol–water partition coefficient (Wildman–Crippen LogP) is 4.98. The molecule has 1 aromatic carbocycles. The highest BCUT2D eigenvalue weighted by molar-refractivity contribution is 7.16. The molecule has 0 aliphatic carbocycles. The molecule has 3 heterocycles. The molecule has 0 atom stereocenters. The molecule has 152 valence electrons. The van der Waals surface area contributed by atoms with Gasteiger partial charge in [0.2, 0.25) is 6.79 Å². The summed E-state index contributed by atoms with van der Waals surface area (Å²) in [5.41, 5.74) is 3.33. The Bertz CT molecular complexity index is 1200. The lowest BCUT2D eigenvalue weighted by Crippen LogP contribution is -2.04. The number of fused-ring (bicyclic) bond motifs is 1. The van der Waals surface area contributed by atoms with Crippen molar-refractivity contribution >= 4 is 39.2 Å². The molecule has 0 fully saturated rings. The second-order valence-electron chi connectivity index (χ2n) is 6.40. The van der Waals surface area contributed by atoms with Crippen LogP contribution in [0.3, 0.4) is 0 Å². The fourth-order valence-corrected chi connectivity index (χ4v) is 4.75. The van der Waals surface area contributed by atoms with E-state index in [9.17, 15) is 10.1 Å². The number of esters is 1. The summed E-state index contributed by atoms with van der Waals surface area (Å²) in [6.07, 6.45) is 1.57. The number of hydrogen-bond acceptors (Lipinski definition) is 9. The maximum Gasteiger partial charge on any atom is 0.341 e. The van der Waals surface area contributed by atoms with Crippen molar-refractivity contribution in [3.8, 4) is 28.8 Å². The molecule has 0 saturated carbocycles.